The number of amides is 1. The number of carboxylic acid groups (broad SMARTS) is 1. The zero-order valence-electron chi connectivity index (χ0n) is 16.8. The summed E-state index contributed by atoms with van der Waals surface area (Å²) >= 11 is 0. The lowest BCUT2D eigenvalue weighted by atomic mass is 9.72. The number of rotatable bonds is 7. The van der Waals surface area contributed by atoms with Crippen LogP contribution in [0.3, 0.4) is 0 Å². The van der Waals surface area contributed by atoms with Gasteiger partial charge in [-0.05, 0) is 56.7 Å². The molecule has 3 rings (SSSR count). The molecule has 1 aromatic carbocycles. The van der Waals surface area contributed by atoms with Crippen molar-refractivity contribution in [3.05, 3.63) is 29.3 Å². The maximum atomic E-state index is 12.5. The normalized spacial score (nSPS) is 24.0. The first kappa shape index (κ1) is 21.6. The number of carbonyl (C=O) groups excluding carboxylic acids is 1. The molecule has 1 aliphatic carbocycles. The number of fused-ring (bicyclic) bond motifs is 1. The van der Waals surface area contributed by atoms with E-state index in [9.17, 15) is 19.7 Å². The maximum absolute atomic E-state index is 12.5. The molecule has 0 spiro atoms. The van der Waals surface area contributed by atoms with E-state index in [1.165, 1.54) is 6.07 Å². The average molecular weight is 403 g/mol. The second-order valence-corrected chi connectivity index (χ2v) is 8.13. The van der Waals surface area contributed by atoms with Crippen LogP contribution in [0.2, 0.25) is 0 Å². The van der Waals surface area contributed by atoms with Crippen molar-refractivity contribution in [1.29, 1.82) is 0 Å². The predicted octanol–water partition coefficient (Wildman–Crippen LogP) is 0.664. The third-order valence-corrected chi connectivity index (χ3v) is 6.09. The number of hydrogen-bond acceptors (Lipinski definition) is 6. The van der Waals surface area contributed by atoms with Crippen LogP contribution in [-0.4, -0.2) is 66.1 Å². The van der Waals surface area contributed by atoms with Crippen LogP contribution < -0.4 is 15.7 Å². The first-order valence-electron chi connectivity index (χ1n) is 10.3. The molecule has 158 valence electrons. The van der Waals surface area contributed by atoms with E-state index in [-0.39, 0.29) is 17.2 Å². The molecule has 0 aromatic heterocycles. The zero-order valence-corrected chi connectivity index (χ0v) is 16.8. The lowest BCUT2D eigenvalue weighted by Gasteiger charge is -2.34. The van der Waals surface area contributed by atoms with Crippen LogP contribution in [0.4, 0.5) is 0 Å². The van der Waals surface area contributed by atoms with Gasteiger partial charge in [-0.1, -0.05) is 12.1 Å². The van der Waals surface area contributed by atoms with Crippen molar-refractivity contribution in [2.45, 2.75) is 50.5 Å². The third kappa shape index (κ3) is 5.29. The Morgan fingerprint density at radius 2 is 2.03 bits per heavy atom. The van der Waals surface area contributed by atoms with Crippen molar-refractivity contribution in [3.63, 3.8) is 0 Å². The predicted molar refractivity (Wildman–Crippen MR) is 110 cm³/mol. The Morgan fingerprint density at radius 3 is 2.69 bits per heavy atom. The highest BCUT2D eigenvalue weighted by Crippen LogP contribution is 2.31. The van der Waals surface area contributed by atoms with Crippen LogP contribution >= 0.6 is 0 Å². The number of hydrogen-bond donors (Lipinski definition) is 4. The lowest BCUT2D eigenvalue weighted by molar-refractivity contribution is -0.122. The molecule has 1 saturated carbocycles. The highest BCUT2D eigenvalue weighted by atomic mass is 16.5. The summed E-state index contributed by atoms with van der Waals surface area (Å²) in [6.45, 7) is 1.54. The van der Waals surface area contributed by atoms with Crippen molar-refractivity contribution in [3.8, 4) is 5.75 Å². The summed E-state index contributed by atoms with van der Waals surface area (Å²) in [6, 6.07) is 5.37. The van der Waals surface area contributed by atoms with Gasteiger partial charge < -0.3 is 30.7 Å². The minimum Gasteiger partial charge on any atom is -0.534 e. The summed E-state index contributed by atoms with van der Waals surface area (Å²) in [7, 11) is 0.829. The van der Waals surface area contributed by atoms with Gasteiger partial charge in [-0.3, -0.25) is 4.79 Å². The fourth-order valence-electron chi connectivity index (χ4n) is 4.42. The number of carbonyl (C=O) groups is 2. The summed E-state index contributed by atoms with van der Waals surface area (Å²) in [5.41, 5.74) is 6.31. The molecule has 2 aliphatic rings. The molecule has 0 saturated heterocycles. The van der Waals surface area contributed by atoms with Gasteiger partial charge in [0.25, 0.3) is 0 Å². The highest BCUT2D eigenvalue weighted by molar-refractivity contribution is 6.47. The van der Waals surface area contributed by atoms with Gasteiger partial charge in [0.15, 0.2) is 0 Å². The van der Waals surface area contributed by atoms with Gasteiger partial charge in [0.1, 0.15) is 5.75 Å². The lowest BCUT2D eigenvalue weighted by Crippen LogP contribution is -2.53. The largest absolute Gasteiger partial charge is 0.547 e. The topological polar surface area (TPSA) is 125 Å². The SMILES string of the molecule is CN(CCN)C1CCC(CC(=O)N[C@H]2Cc3cccc(C(=O)O)c3OB2O)CC1. The van der Waals surface area contributed by atoms with Crippen LogP contribution in [0, 0.1) is 5.92 Å². The van der Waals surface area contributed by atoms with Crippen LogP contribution in [0.1, 0.15) is 48.0 Å². The van der Waals surface area contributed by atoms with Crippen molar-refractivity contribution in [2.24, 2.45) is 11.7 Å². The molecule has 1 fully saturated rings. The van der Waals surface area contributed by atoms with Gasteiger partial charge in [-0.15, -0.1) is 0 Å². The molecule has 8 nitrogen and oxygen atoms in total. The number of likely N-dealkylation sites (N-methyl/N-ethyl adjacent to an activating group) is 1. The molecule has 0 unspecified atom stereocenters. The Hall–Kier alpha value is -2.10. The molecule has 0 radical (unpaired) electrons. The Kier molecular flexibility index (Phi) is 7.16. The first-order chi connectivity index (χ1) is 13.9. The third-order valence-electron chi connectivity index (χ3n) is 6.09. The van der Waals surface area contributed by atoms with Crippen LogP contribution in [-0.2, 0) is 11.2 Å². The van der Waals surface area contributed by atoms with Crippen molar-refractivity contribution < 1.29 is 24.4 Å². The number of nitrogens with one attached hydrogen (secondary N) is 1. The van der Waals surface area contributed by atoms with Gasteiger partial charge in [-0.25, -0.2) is 4.79 Å². The first-order valence-corrected chi connectivity index (χ1v) is 10.3. The molecule has 5 N–H and O–H groups in total. The van der Waals surface area contributed by atoms with Gasteiger partial charge >= 0.3 is 13.1 Å². The molecule has 0 bridgehead atoms. The zero-order chi connectivity index (χ0) is 21.0. The Balaban J connectivity index is 1.52. The average Bonchev–Trinajstić information content (AvgIpc) is 2.68. The number of nitrogens with zero attached hydrogens (tertiary/aromatic N) is 1. The molecule has 1 atom stereocenters. The number of benzene rings is 1. The van der Waals surface area contributed by atoms with E-state index in [2.05, 4.69) is 17.3 Å². The molecular formula is C20H30BN3O5. The number of nitrogens with two attached hydrogens (primary N) is 1. The van der Waals surface area contributed by atoms with Gasteiger partial charge in [0.2, 0.25) is 5.91 Å². The Labute approximate surface area is 171 Å². The summed E-state index contributed by atoms with van der Waals surface area (Å²) in [6.07, 6.45) is 4.89. The molecule has 29 heavy (non-hydrogen) atoms. The minimum atomic E-state index is -1.27. The van der Waals surface area contributed by atoms with E-state index in [1.807, 2.05) is 0 Å². The van der Waals surface area contributed by atoms with E-state index in [0.29, 0.717) is 36.9 Å². The molecule has 1 aromatic rings. The summed E-state index contributed by atoms with van der Waals surface area (Å²) < 4.78 is 5.44. The quantitative estimate of drug-likeness (QED) is 0.493. The van der Waals surface area contributed by atoms with Crippen molar-refractivity contribution >= 4 is 19.0 Å². The summed E-state index contributed by atoms with van der Waals surface area (Å²) in [5, 5.41) is 22.4. The highest BCUT2D eigenvalue weighted by Gasteiger charge is 2.38. The van der Waals surface area contributed by atoms with Crippen molar-refractivity contribution in [2.75, 3.05) is 20.1 Å². The molecule has 1 aliphatic heterocycles. The van der Waals surface area contributed by atoms with E-state index in [1.54, 1.807) is 12.1 Å². The van der Waals surface area contributed by atoms with Crippen LogP contribution in [0.25, 0.3) is 0 Å². The Morgan fingerprint density at radius 1 is 1.31 bits per heavy atom. The second-order valence-electron chi connectivity index (χ2n) is 8.13. The smallest absolute Gasteiger partial charge is 0.534 e. The van der Waals surface area contributed by atoms with E-state index in [4.69, 9.17) is 10.4 Å². The van der Waals surface area contributed by atoms with E-state index < -0.39 is 19.0 Å². The number of carboxylic acids is 1. The van der Waals surface area contributed by atoms with Gasteiger partial charge in [0.05, 0.1) is 11.5 Å². The minimum absolute atomic E-state index is 0.0164. The van der Waals surface area contributed by atoms with Crippen LogP contribution in [0.5, 0.6) is 5.75 Å². The summed E-state index contributed by atoms with van der Waals surface area (Å²) in [5.74, 6) is -1.28. The fraction of sp³-hybridized carbons (Fsp3) is 0.600. The monoisotopic (exact) mass is 403 g/mol. The number of aromatic carboxylic acids is 1. The maximum Gasteiger partial charge on any atom is 0.547 e. The van der Waals surface area contributed by atoms with E-state index >= 15 is 0 Å². The fourth-order valence-corrected chi connectivity index (χ4v) is 4.42. The van der Waals surface area contributed by atoms with E-state index in [0.717, 1.165) is 32.2 Å². The number of para-hydroxylation sites is 1. The molecule has 1 amide bonds. The molecule has 1 heterocycles. The van der Waals surface area contributed by atoms with Crippen LogP contribution in [0.15, 0.2) is 18.2 Å². The second kappa shape index (κ2) is 9.60. The Bertz CT molecular complexity index is 739. The molecule has 9 heteroatoms. The summed E-state index contributed by atoms with van der Waals surface area (Å²) in [4.78, 5) is 26.2. The van der Waals surface area contributed by atoms with Crippen molar-refractivity contribution in [1.82, 2.24) is 10.2 Å². The standard InChI is InChI=1S/C20H30BN3O5/c1-24(10-9-22)15-7-5-13(6-8-15)11-18(25)23-17-12-14-3-2-4-16(20(26)27)19(14)29-21(17)28/h2-4,13,15,17,28H,5-12,22H2,1H3,(H,23,25)(H,26,27)/t13?,15?,17-/m0/s1. The van der Waals surface area contributed by atoms with Gasteiger partial charge in [-0.2, -0.15) is 0 Å². The molecular weight excluding hydrogens is 373 g/mol. The van der Waals surface area contributed by atoms with Gasteiger partial charge in [0, 0.05) is 25.6 Å².